The van der Waals surface area contributed by atoms with Gasteiger partial charge in [-0.25, -0.2) is 9.98 Å². The molecular formula is C23H35IN4O2. The minimum Gasteiger partial charge on any atom is -0.444 e. The fraction of sp³-hybridized carbons (Fsp3) is 0.565. The van der Waals surface area contributed by atoms with Crippen molar-refractivity contribution < 1.29 is 9.15 Å². The predicted octanol–water partition coefficient (Wildman–Crippen LogP) is 4.92. The molecule has 0 aliphatic heterocycles. The number of methoxy groups -OCH3 is 1. The summed E-state index contributed by atoms with van der Waals surface area (Å²) in [6.45, 7) is 7.20. The lowest BCUT2D eigenvalue weighted by Gasteiger charge is -2.29. The molecule has 166 valence electrons. The Bertz CT molecular complexity index is 783. The van der Waals surface area contributed by atoms with E-state index >= 15 is 0 Å². The highest BCUT2D eigenvalue weighted by atomic mass is 127. The van der Waals surface area contributed by atoms with Crippen LogP contribution in [0.4, 0.5) is 0 Å². The molecule has 7 heteroatoms. The van der Waals surface area contributed by atoms with Crippen LogP contribution in [0.3, 0.4) is 0 Å². The molecule has 1 aliphatic carbocycles. The lowest BCUT2D eigenvalue weighted by molar-refractivity contribution is 0.138. The number of aliphatic imine (C=N–C) groups is 1. The summed E-state index contributed by atoms with van der Waals surface area (Å²) in [5, 5.41) is 6.90. The van der Waals surface area contributed by atoms with Crippen LogP contribution < -0.4 is 10.6 Å². The maximum Gasteiger partial charge on any atom is 0.226 e. The van der Waals surface area contributed by atoms with Crippen molar-refractivity contribution in [2.45, 2.75) is 52.5 Å². The maximum atomic E-state index is 5.65. The standard InChI is InChI=1S/C23H34N4O2.HI/c1-4-24-22(26-17-23(13-14-28-3)11-5-6-12-23)25-15-20-16-29-21(27-20)19-9-7-18(2)8-10-19;/h7-10,16H,4-6,11-15,17H2,1-3H3,(H2,24,25,26);1H. The molecule has 1 aliphatic rings. The molecule has 2 N–H and O–H groups in total. The summed E-state index contributed by atoms with van der Waals surface area (Å²) >= 11 is 0. The number of rotatable bonds is 9. The Morgan fingerprint density at radius 1 is 1.20 bits per heavy atom. The van der Waals surface area contributed by atoms with Crippen LogP contribution in [0.1, 0.15) is 50.3 Å². The van der Waals surface area contributed by atoms with Crippen LogP contribution in [0.15, 0.2) is 39.9 Å². The summed E-state index contributed by atoms with van der Waals surface area (Å²) in [5.41, 5.74) is 3.35. The van der Waals surface area contributed by atoms with Gasteiger partial charge in [0.15, 0.2) is 5.96 Å². The smallest absolute Gasteiger partial charge is 0.226 e. The lowest BCUT2D eigenvalue weighted by atomic mass is 9.83. The molecule has 2 aromatic rings. The Morgan fingerprint density at radius 3 is 2.60 bits per heavy atom. The van der Waals surface area contributed by atoms with Gasteiger partial charge in [0.25, 0.3) is 0 Å². The molecule has 30 heavy (non-hydrogen) atoms. The number of nitrogens with zero attached hydrogens (tertiary/aromatic N) is 2. The van der Waals surface area contributed by atoms with Crippen LogP contribution in [0.25, 0.3) is 11.5 Å². The van der Waals surface area contributed by atoms with Crippen molar-refractivity contribution in [2.75, 3.05) is 26.8 Å². The van der Waals surface area contributed by atoms with E-state index in [4.69, 9.17) is 14.1 Å². The van der Waals surface area contributed by atoms with E-state index in [0.717, 1.165) is 43.3 Å². The summed E-state index contributed by atoms with van der Waals surface area (Å²) in [4.78, 5) is 9.31. The average molecular weight is 526 g/mol. The molecule has 0 atom stereocenters. The molecule has 0 bridgehead atoms. The second kappa shape index (κ2) is 12.3. The Labute approximate surface area is 197 Å². The zero-order valence-electron chi connectivity index (χ0n) is 18.4. The molecule has 0 amide bonds. The highest BCUT2D eigenvalue weighted by molar-refractivity contribution is 14.0. The van der Waals surface area contributed by atoms with E-state index in [1.165, 1.54) is 31.2 Å². The normalized spacial score (nSPS) is 15.6. The monoisotopic (exact) mass is 526 g/mol. The van der Waals surface area contributed by atoms with Crippen LogP contribution in [0.5, 0.6) is 0 Å². The van der Waals surface area contributed by atoms with Gasteiger partial charge in [0.1, 0.15) is 12.0 Å². The number of halogens is 1. The fourth-order valence-electron chi connectivity index (χ4n) is 3.94. The van der Waals surface area contributed by atoms with Crippen molar-refractivity contribution in [3.63, 3.8) is 0 Å². The van der Waals surface area contributed by atoms with Crippen molar-refractivity contribution in [3.05, 3.63) is 41.8 Å². The summed E-state index contributed by atoms with van der Waals surface area (Å²) in [7, 11) is 1.78. The topological polar surface area (TPSA) is 71.7 Å². The second-order valence-corrected chi connectivity index (χ2v) is 8.01. The SMILES string of the molecule is CCNC(=NCc1coc(-c2ccc(C)cc2)n1)NCC1(CCOC)CCCC1.I. The zero-order chi connectivity index (χ0) is 20.5. The number of hydrogen-bond acceptors (Lipinski definition) is 4. The van der Waals surface area contributed by atoms with E-state index in [9.17, 15) is 0 Å². The summed E-state index contributed by atoms with van der Waals surface area (Å²) in [6, 6.07) is 8.18. The average Bonchev–Trinajstić information content (AvgIpc) is 3.39. The van der Waals surface area contributed by atoms with E-state index in [2.05, 4.69) is 41.6 Å². The van der Waals surface area contributed by atoms with Gasteiger partial charge in [0, 0.05) is 32.4 Å². The van der Waals surface area contributed by atoms with Gasteiger partial charge in [-0.15, -0.1) is 24.0 Å². The van der Waals surface area contributed by atoms with Gasteiger partial charge >= 0.3 is 0 Å². The molecule has 1 saturated carbocycles. The molecule has 1 aromatic heterocycles. The van der Waals surface area contributed by atoms with Gasteiger partial charge in [-0.2, -0.15) is 0 Å². The molecule has 6 nitrogen and oxygen atoms in total. The molecular weight excluding hydrogens is 491 g/mol. The van der Waals surface area contributed by atoms with Crippen LogP contribution in [-0.4, -0.2) is 37.7 Å². The first-order valence-electron chi connectivity index (χ1n) is 10.7. The first-order chi connectivity index (χ1) is 14.1. The van der Waals surface area contributed by atoms with Crippen molar-refractivity contribution in [2.24, 2.45) is 10.4 Å². The minimum atomic E-state index is 0. The van der Waals surface area contributed by atoms with E-state index in [-0.39, 0.29) is 24.0 Å². The van der Waals surface area contributed by atoms with Crippen molar-refractivity contribution in [3.8, 4) is 11.5 Å². The molecule has 1 aromatic carbocycles. The van der Waals surface area contributed by atoms with Gasteiger partial charge in [-0.05, 0) is 50.7 Å². The lowest BCUT2D eigenvalue weighted by Crippen LogP contribution is -2.43. The maximum absolute atomic E-state index is 5.65. The fourth-order valence-corrected chi connectivity index (χ4v) is 3.94. The van der Waals surface area contributed by atoms with E-state index in [1.54, 1.807) is 13.4 Å². The quantitative estimate of drug-likeness (QED) is 0.276. The van der Waals surface area contributed by atoms with Gasteiger partial charge in [0.2, 0.25) is 5.89 Å². The number of nitrogens with one attached hydrogen (secondary N) is 2. The van der Waals surface area contributed by atoms with Gasteiger partial charge in [-0.1, -0.05) is 30.5 Å². The number of ether oxygens (including phenoxy) is 1. The zero-order valence-corrected chi connectivity index (χ0v) is 20.7. The molecule has 3 rings (SSSR count). The Kier molecular flexibility index (Phi) is 10.1. The van der Waals surface area contributed by atoms with Crippen LogP contribution in [0, 0.1) is 12.3 Å². The van der Waals surface area contributed by atoms with Gasteiger partial charge in [-0.3, -0.25) is 0 Å². The van der Waals surface area contributed by atoms with E-state index in [0.29, 0.717) is 17.9 Å². The Hall–Kier alpha value is -1.61. The Balaban J connectivity index is 0.00000320. The van der Waals surface area contributed by atoms with Crippen LogP contribution in [-0.2, 0) is 11.3 Å². The third kappa shape index (κ3) is 6.97. The predicted molar refractivity (Wildman–Crippen MR) is 132 cm³/mol. The van der Waals surface area contributed by atoms with Gasteiger partial charge < -0.3 is 19.8 Å². The second-order valence-electron chi connectivity index (χ2n) is 8.01. The number of benzene rings is 1. The highest BCUT2D eigenvalue weighted by Crippen LogP contribution is 2.40. The van der Waals surface area contributed by atoms with E-state index in [1.807, 2.05) is 12.1 Å². The highest BCUT2D eigenvalue weighted by Gasteiger charge is 2.33. The number of oxazole rings is 1. The molecule has 0 radical (unpaired) electrons. The first-order valence-corrected chi connectivity index (χ1v) is 10.7. The molecule has 1 heterocycles. The van der Waals surface area contributed by atoms with Crippen molar-refractivity contribution in [1.82, 2.24) is 15.6 Å². The number of aryl methyl sites for hydroxylation is 1. The summed E-state index contributed by atoms with van der Waals surface area (Å²) < 4.78 is 11.0. The molecule has 0 saturated heterocycles. The number of aromatic nitrogens is 1. The largest absolute Gasteiger partial charge is 0.444 e. The number of hydrogen-bond donors (Lipinski definition) is 2. The molecule has 1 fully saturated rings. The van der Waals surface area contributed by atoms with E-state index < -0.39 is 0 Å². The summed E-state index contributed by atoms with van der Waals surface area (Å²) in [5.74, 6) is 1.47. The third-order valence-corrected chi connectivity index (χ3v) is 5.73. The number of guanidine groups is 1. The van der Waals surface area contributed by atoms with Crippen molar-refractivity contribution >= 4 is 29.9 Å². The molecule has 0 unspecified atom stereocenters. The minimum absolute atomic E-state index is 0. The van der Waals surface area contributed by atoms with Gasteiger partial charge in [0.05, 0.1) is 6.54 Å². The molecule has 0 spiro atoms. The summed E-state index contributed by atoms with van der Waals surface area (Å²) in [6.07, 6.45) is 7.91. The first kappa shape index (κ1) is 24.7. The Morgan fingerprint density at radius 2 is 1.93 bits per heavy atom. The van der Waals surface area contributed by atoms with Crippen molar-refractivity contribution in [1.29, 1.82) is 0 Å². The van der Waals surface area contributed by atoms with Crippen LogP contribution in [0.2, 0.25) is 0 Å². The van der Waals surface area contributed by atoms with Crippen LogP contribution >= 0.6 is 24.0 Å². The third-order valence-electron chi connectivity index (χ3n) is 5.73.